The van der Waals surface area contributed by atoms with Crippen LogP contribution in [0.2, 0.25) is 0 Å². The van der Waals surface area contributed by atoms with Crippen molar-refractivity contribution in [2.24, 2.45) is 0 Å². The highest BCUT2D eigenvalue weighted by molar-refractivity contribution is 7.17. The molecule has 4 aromatic rings. The number of benzene rings is 2. The Balaban J connectivity index is 1.97. The number of rotatable bonds is 5. The van der Waals surface area contributed by atoms with E-state index in [4.69, 9.17) is 9.72 Å². The standard InChI is InChI=1S/C22H20N2O2S/c1-4-19-21(16-9-11-17(26-3)12-10-16)24-18(13-25)20(23-22(24)27-19)15-7-5-14(2)6-8-15/h5-13H,4H2,1-3H3. The van der Waals surface area contributed by atoms with E-state index in [1.54, 1.807) is 18.4 Å². The number of aryl methyl sites for hydroxylation is 2. The molecule has 4 rings (SSSR count). The molecule has 0 spiro atoms. The monoisotopic (exact) mass is 376 g/mol. The van der Waals surface area contributed by atoms with Crippen molar-refractivity contribution in [3.63, 3.8) is 0 Å². The molecule has 0 radical (unpaired) electrons. The summed E-state index contributed by atoms with van der Waals surface area (Å²) < 4.78 is 7.27. The molecule has 0 amide bonds. The Morgan fingerprint density at radius 2 is 1.74 bits per heavy atom. The fourth-order valence-electron chi connectivity index (χ4n) is 3.29. The summed E-state index contributed by atoms with van der Waals surface area (Å²) in [6, 6.07) is 16.1. The van der Waals surface area contributed by atoms with Crippen LogP contribution in [0.15, 0.2) is 48.5 Å². The van der Waals surface area contributed by atoms with Crippen LogP contribution in [-0.4, -0.2) is 22.8 Å². The number of hydrogen-bond acceptors (Lipinski definition) is 4. The van der Waals surface area contributed by atoms with E-state index >= 15 is 0 Å². The van der Waals surface area contributed by atoms with E-state index in [1.165, 1.54) is 10.4 Å². The quantitative estimate of drug-likeness (QED) is 0.437. The largest absolute Gasteiger partial charge is 0.497 e. The number of carbonyl (C=O) groups excluding carboxylic acids is 1. The summed E-state index contributed by atoms with van der Waals surface area (Å²) in [5, 5.41) is 0. The van der Waals surface area contributed by atoms with E-state index in [-0.39, 0.29) is 0 Å². The SMILES string of the molecule is CCc1sc2nc(-c3ccc(C)cc3)c(C=O)n2c1-c1ccc(OC)cc1. The zero-order valence-corrected chi connectivity index (χ0v) is 16.3. The van der Waals surface area contributed by atoms with Crippen LogP contribution in [0.3, 0.4) is 0 Å². The number of methoxy groups -OCH3 is 1. The second kappa shape index (κ2) is 7.00. The van der Waals surface area contributed by atoms with Gasteiger partial charge in [-0.05, 0) is 43.2 Å². The van der Waals surface area contributed by atoms with Gasteiger partial charge in [0, 0.05) is 10.4 Å². The highest BCUT2D eigenvalue weighted by Crippen LogP contribution is 2.37. The minimum atomic E-state index is 0.593. The molecule has 136 valence electrons. The Labute approximate surface area is 162 Å². The van der Waals surface area contributed by atoms with Gasteiger partial charge in [-0.2, -0.15) is 0 Å². The Morgan fingerprint density at radius 1 is 1.07 bits per heavy atom. The number of nitrogens with zero attached hydrogens (tertiary/aromatic N) is 2. The van der Waals surface area contributed by atoms with Crippen LogP contribution in [0.5, 0.6) is 5.75 Å². The second-order valence-corrected chi connectivity index (χ2v) is 7.47. The summed E-state index contributed by atoms with van der Waals surface area (Å²) in [6.45, 7) is 4.17. The van der Waals surface area contributed by atoms with Crippen molar-refractivity contribution in [2.45, 2.75) is 20.3 Å². The number of thiazole rings is 1. The molecule has 4 nitrogen and oxygen atoms in total. The molecule has 0 unspecified atom stereocenters. The van der Waals surface area contributed by atoms with Gasteiger partial charge in [-0.3, -0.25) is 9.20 Å². The molecule has 0 saturated heterocycles. The van der Waals surface area contributed by atoms with Gasteiger partial charge in [0.25, 0.3) is 0 Å². The van der Waals surface area contributed by atoms with E-state index in [9.17, 15) is 4.79 Å². The van der Waals surface area contributed by atoms with Crippen molar-refractivity contribution in [2.75, 3.05) is 7.11 Å². The predicted octanol–water partition coefficient (Wildman–Crippen LogP) is 5.42. The van der Waals surface area contributed by atoms with E-state index in [2.05, 4.69) is 6.92 Å². The van der Waals surface area contributed by atoms with Crippen LogP contribution in [0.25, 0.3) is 27.5 Å². The molecule has 2 aromatic carbocycles. The zero-order chi connectivity index (χ0) is 19.0. The van der Waals surface area contributed by atoms with Crippen LogP contribution < -0.4 is 4.74 Å². The van der Waals surface area contributed by atoms with Crippen molar-refractivity contribution in [3.8, 4) is 28.3 Å². The molecule has 5 heteroatoms. The number of hydrogen-bond donors (Lipinski definition) is 0. The van der Waals surface area contributed by atoms with Gasteiger partial charge in [-0.1, -0.05) is 36.8 Å². The van der Waals surface area contributed by atoms with Crippen molar-refractivity contribution in [1.29, 1.82) is 0 Å². The Hall–Kier alpha value is -2.92. The number of aldehydes is 1. The predicted molar refractivity (Wildman–Crippen MR) is 110 cm³/mol. The fourth-order valence-corrected chi connectivity index (χ4v) is 4.38. The molecule has 0 aliphatic heterocycles. The number of aromatic nitrogens is 2. The van der Waals surface area contributed by atoms with Crippen LogP contribution >= 0.6 is 11.3 Å². The molecule has 0 atom stereocenters. The van der Waals surface area contributed by atoms with E-state index in [0.717, 1.165) is 45.9 Å². The average molecular weight is 376 g/mol. The number of imidazole rings is 1. The first-order chi connectivity index (χ1) is 13.2. The van der Waals surface area contributed by atoms with E-state index in [1.807, 2.05) is 59.9 Å². The lowest BCUT2D eigenvalue weighted by Gasteiger charge is -2.07. The first-order valence-corrected chi connectivity index (χ1v) is 9.68. The zero-order valence-electron chi connectivity index (χ0n) is 15.5. The van der Waals surface area contributed by atoms with Gasteiger partial charge in [-0.15, -0.1) is 11.3 Å². The molecule has 0 saturated carbocycles. The number of fused-ring (bicyclic) bond motifs is 1. The minimum absolute atomic E-state index is 0.593. The molecule has 0 bridgehead atoms. The minimum Gasteiger partial charge on any atom is -0.497 e. The van der Waals surface area contributed by atoms with Crippen LogP contribution in [0, 0.1) is 6.92 Å². The molecule has 0 fully saturated rings. The first-order valence-electron chi connectivity index (χ1n) is 8.87. The van der Waals surface area contributed by atoms with Gasteiger partial charge in [-0.25, -0.2) is 4.98 Å². The molecule has 0 aliphatic rings. The van der Waals surface area contributed by atoms with E-state index in [0.29, 0.717) is 5.69 Å². The maximum atomic E-state index is 12.0. The number of ether oxygens (including phenoxy) is 1. The highest BCUT2D eigenvalue weighted by atomic mass is 32.1. The molecular formula is C22H20N2O2S. The molecule has 2 aromatic heterocycles. The van der Waals surface area contributed by atoms with E-state index < -0.39 is 0 Å². The topological polar surface area (TPSA) is 43.6 Å². The van der Waals surface area contributed by atoms with Crippen LogP contribution in [0.1, 0.15) is 27.9 Å². The van der Waals surface area contributed by atoms with Gasteiger partial charge >= 0.3 is 0 Å². The maximum absolute atomic E-state index is 12.0. The van der Waals surface area contributed by atoms with Gasteiger partial charge in [0.1, 0.15) is 17.1 Å². The first kappa shape index (κ1) is 17.5. The normalized spacial score (nSPS) is 11.1. The summed E-state index contributed by atoms with van der Waals surface area (Å²) in [5.41, 5.74) is 5.55. The van der Waals surface area contributed by atoms with Gasteiger partial charge < -0.3 is 4.74 Å². The maximum Gasteiger partial charge on any atom is 0.195 e. The molecular weight excluding hydrogens is 356 g/mol. The Morgan fingerprint density at radius 3 is 2.33 bits per heavy atom. The summed E-state index contributed by atoms with van der Waals surface area (Å²) in [6.07, 6.45) is 1.79. The molecule has 2 heterocycles. The fraction of sp³-hybridized carbons (Fsp3) is 0.182. The summed E-state index contributed by atoms with van der Waals surface area (Å²) >= 11 is 1.64. The van der Waals surface area contributed by atoms with Crippen LogP contribution in [-0.2, 0) is 6.42 Å². The van der Waals surface area contributed by atoms with Crippen molar-refractivity contribution >= 4 is 22.6 Å². The third-order valence-electron chi connectivity index (χ3n) is 4.71. The van der Waals surface area contributed by atoms with Crippen molar-refractivity contribution in [1.82, 2.24) is 9.38 Å². The Bertz CT molecular complexity index is 1110. The van der Waals surface area contributed by atoms with Crippen molar-refractivity contribution in [3.05, 3.63) is 64.7 Å². The Kier molecular flexibility index (Phi) is 4.54. The summed E-state index contributed by atoms with van der Waals surface area (Å²) in [7, 11) is 1.66. The summed E-state index contributed by atoms with van der Waals surface area (Å²) in [4.78, 5) is 18.9. The summed E-state index contributed by atoms with van der Waals surface area (Å²) in [5.74, 6) is 0.810. The van der Waals surface area contributed by atoms with Crippen molar-refractivity contribution < 1.29 is 9.53 Å². The lowest BCUT2D eigenvalue weighted by atomic mass is 10.1. The highest BCUT2D eigenvalue weighted by Gasteiger charge is 2.21. The average Bonchev–Trinajstić information content (AvgIpc) is 3.24. The smallest absolute Gasteiger partial charge is 0.195 e. The molecule has 0 N–H and O–H groups in total. The molecule has 27 heavy (non-hydrogen) atoms. The van der Waals surface area contributed by atoms with Crippen LogP contribution in [0.4, 0.5) is 0 Å². The third kappa shape index (κ3) is 2.94. The molecule has 0 aliphatic carbocycles. The third-order valence-corrected chi connectivity index (χ3v) is 5.89. The van der Waals surface area contributed by atoms with Gasteiger partial charge in [0.15, 0.2) is 11.2 Å². The lowest BCUT2D eigenvalue weighted by Crippen LogP contribution is -1.96. The number of carbonyl (C=O) groups is 1. The second-order valence-electron chi connectivity index (χ2n) is 6.40. The lowest BCUT2D eigenvalue weighted by molar-refractivity contribution is 0.111. The van der Waals surface area contributed by atoms with Gasteiger partial charge in [0.2, 0.25) is 0 Å². The van der Waals surface area contributed by atoms with Gasteiger partial charge in [0.05, 0.1) is 12.8 Å².